The van der Waals surface area contributed by atoms with Gasteiger partial charge in [0.1, 0.15) is 11.1 Å². The van der Waals surface area contributed by atoms with Crippen molar-refractivity contribution in [1.82, 2.24) is 19.7 Å². The molecule has 0 N–H and O–H groups in total. The molecule has 0 aromatic carbocycles. The van der Waals surface area contributed by atoms with Crippen LogP contribution in [0.2, 0.25) is 5.15 Å². The topological polar surface area (TPSA) is 69.5 Å². The van der Waals surface area contributed by atoms with Gasteiger partial charge in [-0.15, -0.1) is 0 Å². The monoisotopic (exact) mass is 422 g/mol. The lowest BCUT2D eigenvalue weighted by Crippen LogP contribution is -2.36. The maximum Gasteiger partial charge on any atom is 0.410 e. The van der Waals surface area contributed by atoms with Crippen LogP contribution in [0.25, 0.3) is 10.9 Å². The summed E-state index contributed by atoms with van der Waals surface area (Å²) in [7, 11) is 1.51. The van der Waals surface area contributed by atoms with Crippen LogP contribution in [0.15, 0.2) is 0 Å². The highest BCUT2D eigenvalue weighted by molar-refractivity contribution is 6.30. The number of rotatable bonds is 3. The highest BCUT2D eigenvalue weighted by Crippen LogP contribution is 2.60. The van der Waals surface area contributed by atoms with Crippen molar-refractivity contribution in [2.45, 2.75) is 51.2 Å². The molecule has 3 atom stereocenters. The first-order valence-corrected chi connectivity index (χ1v) is 10.4. The van der Waals surface area contributed by atoms with E-state index in [9.17, 15) is 9.18 Å². The average Bonchev–Trinajstić information content (AvgIpc) is 3.52. The molecule has 0 bridgehead atoms. The first kappa shape index (κ1) is 18.9. The molecule has 0 spiro atoms. The quantitative estimate of drug-likeness (QED) is 0.695. The molecular formula is C20H24ClFN4O3. The third-order valence-corrected chi connectivity index (χ3v) is 6.24. The molecule has 29 heavy (non-hydrogen) atoms. The van der Waals surface area contributed by atoms with E-state index in [1.54, 1.807) is 9.58 Å². The number of nitrogens with zero attached hydrogens (tertiary/aromatic N) is 4. The van der Waals surface area contributed by atoms with Gasteiger partial charge in [-0.3, -0.25) is 4.68 Å². The maximum absolute atomic E-state index is 14.9. The molecule has 7 nitrogen and oxygen atoms in total. The summed E-state index contributed by atoms with van der Waals surface area (Å²) in [6, 6.07) is 0.195. The third-order valence-electron chi connectivity index (χ3n) is 5.99. The van der Waals surface area contributed by atoms with Crippen LogP contribution in [0, 0.1) is 17.7 Å². The summed E-state index contributed by atoms with van der Waals surface area (Å²) >= 11 is 6.01. The van der Waals surface area contributed by atoms with Crippen LogP contribution in [-0.2, 0) is 4.74 Å². The SMILES string of the molecule is COc1nc(Cl)c(F)c2c1c(C1[C@H]3CN(C(=O)OC(C)(C)C)C[C@@H]13)nn2C1CC1. The zero-order valence-corrected chi connectivity index (χ0v) is 17.7. The van der Waals surface area contributed by atoms with Crippen LogP contribution in [-0.4, -0.2) is 51.6 Å². The second-order valence-electron chi connectivity index (χ2n) is 9.25. The molecule has 9 heteroatoms. The number of hydrogen-bond donors (Lipinski definition) is 0. The molecule has 2 aromatic heterocycles. The van der Waals surface area contributed by atoms with Gasteiger partial charge < -0.3 is 14.4 Å². The number of likely N-dealkylation sites (tertiary alicyclic amines) is 1. The summed E-state index contributed by atoms with van der Waals surface area (Å²) in [5, 5.41) is 5.22. The smallest absolute Gasteiger partial charge is 0.410 e. The Morgan fingerprint density at radius 3 is 2.45 bits per heavy atom. The number of aromatic nitrogens is 3. The summed E-state index contributed by atoms with van der Waals surface area (Å²) in [4.78, 5) is 18.2. The van der Waals surface area contributed by atoms with Crippen LogP contribution < -0.4 is 4.74 Å². The van der Waals surface area contributed by atoms with Crippen LogP contribution in [0.1, 0.15) is 51.3 Å². The summed E-state index contributed by atoms with van der Waals surface area (Å²) in [6.45, 7) is 6.82. The fraction of sp³-hybridized carbons (Fsp3) is 0.650. The summed E-state index contributed by atoms with van der Waals surface area (Å²) in [6.07, 6.45) is 1.66. The second-order valence-corrected chi connectivity index (χ2v) is 9.61. The molecular weight excluding hydrogens is 399 g/mol. The predicted molar refractivity (Wildman–Crippen MR) is 105 cm³/mol. The van der Waals surface area contributed by atoms with E-state index in [4.69, 9.17) is 26.2 Å². The molecule has 1 saturated heterocycles. The molecule has 1 aliphatic heterocycles. The summed E-state index contributed by atoms with van der Waals surface area (Å²) < 4.78 is 27.6. The van der Waals surface area contributed by atoms with Gasteiger partial charge in [0, 0.05) is 19.0 Å². The van der Waals surface area contributed by atoms with Gasteiger partial charge in [-0.05, 0) is 45.4 Å². The number of methoxy groups -OCH3 is 1. The maximum atomic E-state index is 14.9. The van der Waals surface area contributed by atoms with E-state index in [1.165, 1.54) is 7.11 Å². The highest BCUT2D eigenvalue weighted by Gasteiger charge is 2.59. The molecule has 5 rings (SSSR count). The minimum atomic E-state index is -0.547. The number of carbonyl (C=O) groups excluding carboxylic acids is 1. The van der Waals surface area contributed by atoms with Crippen LogP contribution in [0.4, 0.5) is 9.18 Å². The zero-order chi connectivity index (χ0) is 20.7. The molecule has 1 unspecified atom stereocenters. The molecule has 3 fully saturated rings. The van der Waals surface area contributed by atoms with Crippen molar-refractivity contribution < 1.29 is 18.7 Å². The molecule has 1 amide bonds. The Balaban J connectivity index is 1.46. The van der Waals surface area contributed by atoms with Gasteiger partial charge in [0.05, 0.1) is 24.2 Å². The first-order chi connectivity index (χ1) is 13.7. The Kier molecular flexibility index (Phi) is 4.04. The second kappa shape index (κ2) is 6.20. The van der Waals surface area contributed by atoms with Crippen molar-refractivity contribution in [3.8, 4) is 5.88 Å². The van der Waals surface area contributed by atoms with Crippen molar-refractivity contribution in [1.29, 1.82) is 0 Å². The lowest BCUT2D eigenvalue weighted by molar-refractivity contribution is 0.0271. The van der Waals surface area contributed by atoms with Gasteiger partial charge in [0.2, 0.25) is 5.88 Å². The van der Waals surface area contributed by atoms with Crippen LogP contribution in [0.3, 0.4) is 0 Å². The van der Waals surface area contributed by atoms with Gasteiger partial charge in [-0.25, -0.2) is 9.18 Å². The summed E-state index contributed by atoms with van der Waals surface area (Å²) in [5.41, 5.74) is 0.678. The molecule has 3 aliphatic rings. The Morgan fingerprint density at radius 1 is 1.24 bits per heavy atom. The fourth-order valence-corrected chi connectivity index (χ4v) is 4.70. The van der Waals surface area contributed by atoms with E-state index in [-0.39, 0.29) is 35.0 Å². The van der Waals surface area contributed by atoms with Crippen molar-refractivity contribution in [3.05, 3.63) is 16.7 Å². The molecule has 2 saturated carbocycles. The van der Waals surface area contributed by atoms with Gasteiger partial charge in [0.25, 0.3) is 0 Å². The lowest BCUT2D eigenvalue weighted by Gasteiger charge is -2.25. The molecule has 3 heterocycles. The number of carbonyl (C=O) groups is 1. The third kappa shape index (κ3) is 3.03. The highest BCUT2D eigenvalue weighted by atomic mass is 35.5. The zero-order valence-electron chi connectivity index (χ0n) is 16.9. The molecule has 2 aliphatic carbocycles. The van der Waals surface area contributed by atoms with E-state index >= 15 is 0 Å². The standard InChI is InChI=1S/C20H24ClFN4O3/c1-20(2,3)29-19(27)25-7-10-11(8-25)12(10)15-13-16(26(24-15)9-5-6-9)14(22)17(21)23-18(13)28-4/h9-12H,5-8H2,1-4H3/t10-,11+,12?. The lowest BCUT2D eigenvalue weighted by atomic mass is 10.1. The largest absolute Gasteiger partial charge is 0.480 e. The number of amides is 1. The van der Waals surface area contributed by atoms with Crippen molar-refractivity contribution in [2.24, 2.45) is 11.8 Å². The number of fused-ring (bicyclic) bond motifs is 2. The van der Waals surface area contributed by atoms with E-state index in [2.05, 4.69) is 4.98 Å². The normalized spacial score (nSPS) is 26.0. The molecule has 156 valence electrons. The minimum absolute atomic E-state index is 0.160. The number of halogens is 2. The molecule has 0 radical (unpaired) electrons. The number of hydrogen-bond acceptors (Lipinski definition) is 5. The minimum Gasteiger partial charge on any atom is -0.480 e. The number of piperidine rings is 1. The Hall–Kier alpha value is -2.09. The van der Waals surface area contributed by atoms with E-state index < -0.39 is 11.4 Å². The number of ether oxygens (including phenoxy) is 2. The Labute approximate surface area is 173 Å². The van der Waals surface area contributed by atoms with Gasteiger partial charge in [0.15, 0.2) is 11.0 Å². The summed E-state index contributed by atoms with van der Waals surface area (Å²) in [5.74, 6) is 0.498. The Morgan fingerprint density at radius 2 is 1.90 bits per heavy atom. The van der Waals surface area contributed by atoms with Crippen molar-refractivity contribution in [2.75, 3.05) is 20.2 Å². The first-order valence-electron chi connectivity index (χ1n) is 9.98. The van der Waals surface area contributed by atoms with E-state index in [1.807, 2.05) is 20.8 Å². The number of pyridine rings is 1. The Bertz CT molecular complexity index is 1000. The van der Waals surface area contributed by atoms with E-state index in [0.29, 0.717) is 29.9 Å². The van der Waals surface area contributed by atoms with Gasteiger partial charge >= 0.3 is 6.09 Å². The van der Waals surface area contributed by atoms with Gasteiger partial charge in [-0.1, -0.05) is 11.6 Å². The van der Waals surface area contributed by atoms with Crippen LogP contribution >= 0.6 is 11.6 Å². The van der Waals surface area contributed by atoms with Gasteiger partial charge in [-0.2, -0.15) is 10.1 Å². The van der Waals surface area contributed by atoms with Crippen LogP contribution in [0.5, 0.6) is 5.88 Å². The van der Waals surface area contributed by atoms with Crippen molar-refractivity contribution in [3.63, 3.8) is 0 Å². The molecule has 2 aromatic rings. The predicted octanol–water partition coefficient (Wildman–Crippen LogP) is 4.15. The average molecular weight is 423 g/mol. The van der Waals surface area contributed by atoms with E-state index in [0.717, 1.165) is 18.5 Å². The fourth-order valence-electron chi connectivity index (χ4n) is 4.54. The van der Waals surface area contributed by atoms with Crippen molar-refractivity contribution >= 4 is 28.6 Å².